The van der Waals surface area contributed by atoms with Gasteiger partial charge >= 0.3 is 0 Å². The van der Waals surface area contributed by atoms with Crippen LogP contribution in [-0.4, -0.2) is 47.5 Å². The Morgan fingerprint density at radius 2 is 2.05 bits per heavy atom. The fraction of sp³-hybridized carbons (Fsp3) is 0.533. The molecule has 2 N–H and O–H groups in total. The van der Waals surface area contributed by atoms with Crippen LogP contribution in [-0.2, 0) is 0 Å². The molecule has 104 valence electrons. The number of piperazine rings is 1. The van der Waals surface area contributed by atoms with E-state index in [-0.39, 0.29) is 0 Å². The van der Waals surface area contributed by atoms with Crippen LogP contribution in [0, 0.1) is 0 Å². The van der Waals surface area contributed by atoms with Gasteiger partial charge in [-0.15, -0.1) is 0 Å². The molecule has 0 radical (unpaired) electrons. The molecule has 2 rings (SSSR count). The van der Waals surface area contributed by atoms with Crippen LogP contribution in [0.1, 0.15) is 24.9 Å². The molecule has 1 aromatic rings. The topological polar surface area (TPSA) is 32.5 Å². The summed E-state index contributed by atoms with van der Waals surface area (Å²) in [7, 11) is 2.19. The molecular weight excluding hydrogens is 254 g/mol. The second-order valence-electron chi connectivity index (χ2n) is 5.42. The Labute approximate surface area is 121 Å². The van der Waals surface area contributed by atoms with E-state index >= 15 is 0 Å². The van der Waals surface area contributed by atoms with E-state index < -0.39 is 0 Å². The van der Waals surface area contributed by atoms with Crippen LogP contribution in [0.25, 0.3) is 0 Å². The van der Waals surface area contributed by atoms with Crippen molar-refractivity contribution in [1.82, 2.24) is 9.80 Å². The first-order valence-electron chi connectivity index (χ1n) is 6.85. The Bertz CT molecular complexity index is 421. The van der Waals surface area contributed by atoms with Gasteiger partial charge in [-0.1, -0.05) is 42.5 Å². The van der Waals surface area contributed by atoms with Gasteiger partial charge in [0.1, 0.15) is 0 Å². The van der Waals surface area contributed by atoms with Gasteiger partial charge < -0.3 is 10.6 Å². The Morgan fingerprint density at radius 3 is 2.63 bits per heavy atom. The van der Waals surface area contributed by atoms with Crippen LogP contribution in [0.2, 0.25) is 0 Å². The number of likely N-dealkylation sites (N-methyl/N-ethyl adjacent to an activating group) is 1. The fourth-order valence-electron chi connectivity index (χ4n) is 2.68. The average Bonchev–Trinajstić information content (AvgIpc) is 2.40. The molecule has 19 heavy (non-hydrogen) atoms. The predicted octanol–water partition coefficient (Wildman–Crippen LogP) is 2.04. The fourth-order valence-corrected chi connectivity index (χ4v) is 2.84. The lowest BCUT2D eigenvalue weighted by Gasteiger charge is -2.42. The maximum atomic E-state index is 5.79. The molecule has 0 amide bonds. The SMILES string of the molecule is CC1CN(C(CC(N)=S)c2ccccc2)CCN1C. The zero-order chi connectivity index (χ0) is 13.8. The Hall–Kier alpha value is -0.970. The first-order valence-corrected chi connectivity index (χ1v) is 7.26. The molecular formula is C15H23N3S. The molecule has 0 bridgehead atoms. The smallest absolute Gasteiger partial charge is 0.0746 e. The number of hydrogen-bond acceptors (Lipinski definition) is 3. The number of hydrogen-bond donors (Lipinski definition) is 1. The maximum Gasteiger partial charge on any atom is 0.0746 e. The summed E-state index contributed by atoms with van der Waals surface area (Å²) in [5.74, 6) is 0. The predicted molar refractivity (Wildman–Crippen MR) is 84.3 cm³/mol. The first-order chi connectivity index (χ1) is 9.08. The van der Waals surface area contributed by atoms with Crippen LogP contribution < -0.4 is 5.73 Å². The number of benzene rings is 1. The van der Waals surface area contributed by atoms with E-state index in [0.717, 1.165) is 26.1 Å². The number of nitrogens with two attached hydrogens (primary N) is 1. The summed E-state index contributed by atoms with van der Waals surface area (Å²) in [5, 5.41) is 0. The molecule has 0 aromatic heterocycles. The highest BCUT2D eigenvalue weighted by Gasteiger charge is 2.27. The monoisotopic (exact) mass is 277 g/mol. The molecule has 0 spiro atoms. The van der Waals surface area contributed by atoms with E-state index in [1.165, 1.54) is 5.56 Å². The number of nitrogens with zero attached hydrogens (tertiary/aromatic N) is 2. The summed E-state index contributed by atoms with van der Waals surface area (Å²) in [6.45, 7) is 5.51. The van der Waals surface area contributed by atoms with Crippen molar-refractivity contribution < 1.29 is 0 Å². The molecule has 1 aromatic carbocycles. The Balaban J connectivity index is 2.16. The van der Waals surface area contributed by atoms with Crippen molar-refractivity contribution in [3.8, 4) is 0 Å². The molecule has 1 fully saturated rings. The lowest BCUT2D eigenvalue weighted by molar-refractivity contribution is 0.0737. The molecule has 0 aliphatic carbocycles. The average molecular weight is 277 g/mol. The number of thiocarbonyl (C=S) groups is 1. The van der Waals surface area contributed by atoms with Gasteiger partial charge in [-0.2, -0.15) is 0 Å². The van der Waals surface area contributed by atoms with Gasteiger partial charge in [0.25, 0.3) is 0 Å². The zero-order valence-electron chi connectivity index (χ0n) is 11.7. The van der Waals surface area contributed by atoms with Crippen molar-refractivity contribution in [3.05, 3.63) is 35.9 Å². The van der Waals surface area contributed by atoms with Gasteiger partial charge in [-0.05, 0) is 19.5 Å². The maximum absolute atomic E-state index is 5.79. The third-order valence-electron chi connectivity index (χ3n) is 4.01. The van der Waals surface area contributed by atoms with E-state index in [9.17, 15) is 0 Å². The highest BCUT2D eigenvalue weighted by molar-refractivity contribution is 7.80. The zero-order valence-corrected chi connectivity index (χ0v) is 12.6. The molecule has 1 saturated heterocycles. The highest BCUT2D eigenvalue weighted by atomic mass is 32.1. The second-order valence-corrected chi connectivity index (χ2v) is 5.95. The first kappa shape index (κ1) is 14.4. The van der Waals surface area contributed by atoms with Crippen molar-refractivity contribution in [1.29, 1.82) is 0 Å². The second kappa shape index (κ2) is 6.46. The van der Waals surface area contributed by atoms with E-state index in [1.807, 2.05) is 6.07 Å². The van der Waals surface area contributed by atoms with Gasteiger partial charge in [0.05, 0.1) is 4.99 Å². The van der Waals surface area contributed by atoms with Crippen molar-refractivity contribution in [2.75, 3.05) is 26.7 Å². The molecule has 1 aliphatic rings. The molecule has 0 saturated carbocycles. The van der Waals surface area contributed by atoms with Gasteiger partial charge in [-0.3, -0.25) is 4.90 Å². The summed E-state index contributed by atoms with van der Waals surface area (Å²) in [6, 6.07) is 11.5. The van der Waals surface area contributed by atoms with E-state index in [1.54, 1.807) is 0 Å². The van der Waals surface area contributed by atoms with Gasteiger partial charge in [0.15, 0.2) is 0 Å². The van der Waals surface area contributed by atoms with Crippen LogP contribution in [0.15, 0.2) is 30.3 Å². The van der Waals surface area contributed by atoms with E-state index in [0.29, 0.717) is 17.1 Å². The van der Waals surface area contributed by atoms with Crippen molar-refractivity contribution in [3.63, 3.8) is 0 Å². The summed E-state index contributed by atoms with van der Waals surface area (Å²) in [5.41, 5.74) is 7.11. The van der Waals surface area contributed by atoms with Crippen LogP contribution in [0.4, 0.5) is 0 Å². The minimum Gasteiger partial charge on any atom is -0.393 e. The van der Waals surface area contributed by atoms with Crippen molar-refractivity contribution >= 4 is 17.2 Å². The molecule has 2 atom stereocenters. The van der Waals surface area contributed by atoms with Crippen molar-refractivity contribution in [2.24, 2.45) is 5.73 Å². The van der Waals surface area contributed by atoms with Gasteiger partial charge in [0.2, 0.25) is 0 Å². The van der Waals surface area contributed by atoms with E-state index in [4.69, 9.17) is 18.0 Å². The summed E-state index contributed by atoms with van der Waals surface area (Å²) in [6.07, 6.45) is 0.760. The molecule has 3 nitrogen and oxygen atoms in total. The third kappa shape index (κ3) is 3.75. The van der Waals surface area contributed by atoms with Crippen LogP contribution >= 0.6 is 12.2 Å². The summed E-state index contributed by atoms with van der Waals surface area (Å²) < 4.78 is 0. The molecule has 1 heterocycles. The normalized spacial score (nSPS) is 23.2. The minimum atomic E-state index is 0.315. The van der Waals surface area contributed by atoms with Crippen molar-refractivity contribution in [2.45, 2.75) is 25.4 Å². The Kier molecular flexibility index (Phi) is 4.91. The van der Waals surface area contributed by atoms with Gasteiger partial charge in [-0.25, -0.2) is 0 Å². The Morgan fingerprint density at radius 1 is 1.37 bits per heavy atom. The third-order valence-corrected chi connectivity index (χ3v) is 4.18. The van der Waals surface area contributed by atoms with Gasteiger partial charge in [0, 0.05) is 38.1 Å². The highest BCUT2D eigenvalue weighted by Crippen LogP contribution is 2.26. The largest absolute Gasteiger partial charge is 0.393 e. The molecule has 1 aliphatic heterocycles. The molecule has 4 heteroatoms. The lowest BCUT2D eigenvalue weighted by Crippen LogP contribution is -2.51. The minimum absolute atomic E-state index is 0.315. The summed E-state index contributed by atoms with van der Waals surface area (Å²) in [4.78, 5) is 5.51. The molecule has 2 unspecified atom stereocenters. The lowest BCUT2D eigenvalue weighted by atomic mass is 10.00. The summed E-state index contributed by atoms with van der Waals surface area (Å²) >= 11 is 5.13. The van der Waals surface area contributed by atoms with Crippen LogP contribution in [0.3, 0.4) is 0 Å². The standard InChI is InChI=1S/C15H23N3S/c1-12-11-18(9-8-17(12)2)14(10-15(16)19)13-6-4-3-5-7-13/h3-7,12,14H,8-11H2,1-2H3,(H2,16,19). The van der Waals surface area contributed by atoms with E-state index in [2.05, 4.69) is 48.0 Å². The quantitative estimate of drug-likeness (QED) is 0.854. The van der Waals surface area contributed by atoms with Crippen LogP contribution in [0.5, 0.6) is 0 Å². The number of rotatable bonds is 4.